The van der Waals surface area contributed by atoms with Gasteiger partial charge in [0.25, 0.3) is 0 Å². The maximum Gasteiger partial charge on any atom is 0.451 e. The first kappa shape index (κ1) is 11.2. The molecule has 2 aromatic rings. The van der Waals surface area contributed by atoms with Crippen LogP contribution in [0, 0.1) is 0 Å². The molecule has 0 spiro atoms. The number of H-pyrrole nitrogens is 1. The predicted molar refractivity (Wildman–Crippen MR) is 50.2 cm³/mol. The predicted octanol–water partition coefficient (Wildman–Crippen LogP) is 1.55. The van der Waals surface area contributed by atoms with Gasteiger partial charge in [-0.05, 0) is 0 Å². The molecule has 0 saturated heterocycles. The summed E-state index contributed by atoms with van der Waals surface area (Å²) in [6.45, 7) is 0.744. The van der Waals surface area contributed by atoms with Gasteiger partial charge < -0.3 is 9.26 Å². The number of aromatic amines is 1. The van der Waals surface area contributed by atoms with Crippen molar-refractivity contribution in [3.05, 3.63) is 17.1 Å². The van der Waals surface area contributed by atoms with Gasteiger partial charge in [-0.15, -0.1) is 0 Å². The van der Waals surface area contributed by atoms with E-state index < -0.39 is 12.0 Å². The standard InChI is InChI=1S/C9H7F3N4O2/c10-9(11,12)8-13-7(14-15-8)6-4-3-17-2-1-5(4)18-16-6/h1-3H2,(H,13,14,15). The summed E-state index contributed by atoms with van der Waals surface area (Å²) < 4.78 is 47.4. The maximum atomic E-state index is 12.4. The van der Waals surface area contributed by atoms with Gasteiger partial charge in [0.1, 0.15) is 5.76 Å². The summed E-state index contributed by atoms with van der Waals surface area (Å²) in [5.74, 6) is -0.696. The van der Waals surface area contributed by atoms with E-state index in [1.807, 2.05) is 5.10 Å². The molecular formula is C9H7F3N4O2. The molecule has 0 aromatic carbocycles. The molecule has 0 fully saturated rings. The van der Waals surface area contributed by atoms with Crippen molar-refractivity contribution in [1.29, 1.82) is 0 Å². The highest BCUT2D eigenvalue weighted by molar-refractivity contribution is 5.55. The largest absolute Gasteiger partial charge is 0.451 e. The minimum Gasteiger partial charge on any atom is -0.376 e. The molecule has 0 aliphatic carbocycles. The van der Waals surface area contributed by atoms with Crippen molar-refractivity contribution in [2.24, 2.45) is 0 Å². The summed E-state index contributed by atoms with van der Waals surface area (Å²) >= 11 is 0. The molecular weight excluding hydrogens is 253 g/mol. The topological polar surface area (TPSA) is 76.8 Å². The Bertz CT molecular complexity index is 575. The third kappa shape index (κ3) is 1.76. The Morgan fingerprint density at radius 2 is 2.11 bits per heavy atom. The molecule has 0 bridgehead atoms. The number of alkyl halides is 3. The first-order chi connectivity index (χ1) is 8.55. The molecule has 18 heavy (non-hydrogen) atoms. The van der Waals surface area contributed by atoms with E-state index in [1.54, 1.807) is 0 Å². The van der Waals surface area contributed by atoms with Crippen LogP contribution in [0.2, 0.25) is 0 Å². The molecule has 1 aliphatic heterocycles. The van der Waals surface area contributed by atoms with Crippen LogP contribution in [-0.4, -0.2) is 26.9 Å². The lowest BCUT2D eigenvalue weighted by Crippen LogP contribution is -2.08. The molecule has 96 valence electrons. The minimum absolute atomic E-state index is 0.141. The average molecular weight is 260 g/mol. The first-order valence-electron chi connectivity index (χ1n) is 5.11. The van der Waals surface area contributed by atoms with Crippen molar-refractivity contribution in [3.63, 3.8) is 0 Å². The van der Waals surface area contributed by atoms with Gasteiger partial charge in [-0.2, -0.15) is 18.3 Å². The number of aromatic nitrogens is 4. The zero-order valence-corrected chi connectivity index (χ0v) is 8.91. The van der Waals surface area contributed by atoms with E-state index in [1.165, 1.54) is 0 Å². The fourth-order valence-electron chi connectivity index (χ4n) is 1.70. The fourth-order valence-corrected chi connectivity index (χ4v) is 1.70. The van der Waals surface area contributed by atoms with E-state index in [4.69, 9.17) is 9.26 Å². The van der Waals surface area contributed by atoms with Gasteiger partial charge >= 0.3 is 6.18 Å². The first-order valence-corrected chi connectivity index (χ1v) is 5.11. The van der Waals surface area contributed by atoms with Crippen molar-refractivity contribution in [1.82, 2.24) is 20.3 Å². The van der Waals surface area contributed by atoms with E-state index in [-0.39, 0.29) is 18.1 Å². The van der Waals surface area contributed by atoms with Crippen LogP contribution >= 0.6 is 0 Å². The van der Waals surface area contributed by atoms with Crippen LogP contribution in [0.4, 0.5) is 13.2 Å². The zero-order valence-electron chi connectivity index (χ0n) is 8.91. The van der Waals surface area contributed by atoms with Gasteiger partial charge in [-0.25, -0.2) is 4.98 Å². The van der Waals surface area contributed by atoms with Crippen molar-refractivity contribution in [2.75, 3.05) is 6.61 Å². The van der Waals surface area contributed by atoms with E-state index in [2.05, 4.69) is 15.2 Å². The van der Waals surface area contributed by atoms with Crippen molar-refractivity contribution in [3.8, 4) is 11.5 Å². The van der Waals surface area contributed by atoms with Crippen LogP contribution in [-0.2, 0) is 23.9 Å². The average Bonchev–Trinajstić information content (AvgIpc) is 2.94. The fraction of sp³-hybridized carbons (Fsp3) is 0.444. The number of halogens is 3. The lowest BCUT2D eigenvalue weighted by atomic mass is 10.1. The Morgan fingerprint density at radius 3 is 2.83 bits per heavy atom. The Morgan fingerprint density at radius 1 is 1.28 bits per heavy atom. The summed E-state index contributed by atoms with van der Waals surface area (Å²) in [7, 11) is 0. The van der Waals surface area contributed by atoms with Crippen LogP contribution in [0.5, 0.6) is 0 Å². The Kier molecular flexibility index (Phi) is 2.37. The van der Waals surface area contributed by atoms with Crippen LogP contribution in [0.1, 0.15) is 17.1 Å². The second kappa shape index (κ2) is 3.80. The molecule has 3 rings (SSSR count). The van der Waals surface area contributed by atoms with E-state index >= 15 is 0 Å². The molecule has 1 aliphatic rings. The molecule has 2 aromatic heterocycles. The van der Waals surface area contributed by atoms with E-state index in [0.717, 1.165) is 0 Å². The summed E-state index contributed by atoms with van der Waals surface area (Å²) in [4.78, 5) is 3.36. The summed E-state index contributed by atoms with van der Waals surface area (Å²) in [5, 5.41) is 9.03. The van der Waals surface area contributed by atoms with Crippen molar-refractivity contribution >= 4 is 0 Å². The number of rotatable bonds is 1. The third-order valence-corrected chi connectivity index (χ3v) is 2.56. The smallest absolute Gasteiger partial charge is 0.376 e. The van der Waals surface area contributed by atoms with Gasteiger partial charge in [0.2, 0.25) is 11.6 Å². The quantitative estimate of drug-likeness (QED) is 0.841. The van der Waals surface area contributed by atoms with Gasteiger partial charge in [0.05, 0.1) is 18.8 Å². The zero-order chi connectivity index (χ0) is 12.8. The number of hydrogen-bond donors (Lipinski definition) is 1. The summed E-state index contributed by atoms with van der Waals surface area (Å²) in [6, 6.07) is 0. The van der Waals surface area contributed by atoms with E-state index in [0.29, 0.717) is 24.4 Å². The van der Waals surface area contributed by atoms with Crippen LogP contribution < -0.4 is 0 Å². The Balaban J connectivity index is 2.00. The monoisotopic (exact) mass is 260 g/mol. The lowest BCUT2D eigenvalue weighted by molar-refractivity contribution is -0.144. The molecule has 0 saturated carbocycles. The second-order valence-electron chi connectivity index (χ2n) is 3.74. The molecule has 1 N–H and O–H groups in total. The number of ether oxygens (including phenoxy) is 1. The number of nitrogens with zero attached hydrogens (tertiary/aromatic N) is 3. The Hall–Kier alpha value is -1.90. The van der Waals surface area contributed by atoms with Crippen molar-refractivity contribution in [2.45, 2.75) is 19.2 Å². The molecule has 0 radical (unpaired) electrons. The molecule has 3 heterocycles. The highest BCUT2D eigenvalue weighted by atomic mass is 19.4. The van der Waals surface area contributed by atoms with Crippen LogP contribution in [0.25, 0.3) is 11.5 Å². The summed E-state index contributed by atoms with van der Waals surface area (Å²) in [5.41, 5.74) is 0.797. The number of nitrogens with one attached hydrogen (secondary N) is 1. The lowest BCUT2D eigenvalue weighted by Gasteiger charge is -2.09. The third-order valence-electron chi connectivity index (χ3n) is 2.56. The SMILES string of the molecule is FC(F)(F)c1nc(-c2noc3c2COCC3)n[nH]1. The number of fused-ring (bicyclic) bond motifs is 1. The molecule has 6 nitrogen and oxygen atoms in total. The normalized spacial score (nSPS) is 15.7. The van der Waals surface area contributed by atoms with Crippen LogP contribution in [0.3, 0.4) is 0 Å². The molecule has 0 atom stereocenters. The van der Waals surface area contributed by atoms with Gasteiger partial charge in [0.15, 0.2) is 5.69 Å². The molecule has 9 heteroatoms. The van der Waals surface area contributed by atoms with Gasteiger partial charge in [-0.1, -0.05) is 5.16 Å². The van der Waals surface area contributed by atoms with Crippen LogP contribution in [0.15, 0.2) is 4.52 Å². The van der Waals surface area contributed by atoms with E-state index in [9.17, 15) is 13.2 Å². The minimum atomic E-state index is -4.56. The highest BCUT2D eigenvalue weighted by Gasteiger charge is 2.36. The second-order valence-corrected chi connectivity index (χ2v) is 3.74. The Labute approximate surface area is 98.1 Å². The van der Waals surface area contributed by atoms with Gasteiger partial charge in [-0.3, -0.25) is 5.10 Å². The molecule has 0 unspecified atom stereocenters. The summed E-state index contributed by atoms with van der Waals surface area (Å²) in [6.07, 6.45) is -4.02. The highest BCUT2D eigenvalue weighted by Crippen LogP contribution is 2.30. The maximum absolute atomic E-state index is 12.4. The molecule has 0 amide bonds. The van der Waals surface area contributed by atoms with Crippen molar-refractivity contribution < 1.29 is 22.4 Å². The number of hydrogen-bond acceptors (Lipinski definition) is 5. The van der Waals surface area contributed by atoms with Gasteiger partial charge in [0, 0.05) is 6.42 Å².